The van der Waals surface area contributed by atoms with Gasteiger partial charge in [-0.3, -0.25) is 4.79 Å². The standard InChI is InChI=1S/C14H19ClN2O2/c1-2-16-14(18)9-19-13-6-3-11(15)7-10(13)8-17-12-4-5-12/h3,6-7,12,17H,2,4-5,8-9H2,1H3,(H,16,18). The lowest BCUT2D eigenvalue weighted by molar-refractivity contribution is -0.122. The lowest BCUT2D eigenvalue weighted by Crippen LogP contribution is -2.28. The summed E-state index contributed by atoms with van der Waals surface area (Å²) in [6, 6.07) is 6.08. The molecule has 0 aromatic heterocycles. The minimum atomic E-state index is -0.112. The number of ether oxygens (including phenoxy) is 1. The van der Waals surface area contributed by atoms with Crippen LogP contribution in [0.1, 0.15) is 25.3 Å². The van der Waals surface area contributed by atoms with Gasteiger partial charge in [0, 0.05) is 29.7 Å². The molecule has 1 fully saturated rings. The molecule has 1 aromatic rings. The molecule has 1 aromatic carbocycles. The van der Waals surface area contributed by atoms with E-state index < -0.39 is 0 Å². The molecule has 1 saturated carbocycles. The quantitative estimate of drug-likeness (QED) is 0.805. The van der Waals surface area contributed by atoms with Crippen LogP contribution in [0.5, 0.6) is 5.75 Å². The Bertz CT molecular complexity index is 447. The van der Waals surface area contributed by atoms with Crippen molar-refractivity contribution in [1.29, 1.82) is 0 Å². The Morgan fingerprint density at radius 3 is 2.95 bits per heavy atom. The SMILES string of the molecule is CCNC(=O)COc1ccc(Cl)cc1CNC1CC1. The summed E-state index contributed by atoms with van der Waals surface area (Å²) >= 11 is 6.00. The topological polar surface area (TPSA) is 50.4 Å². The van der Waals surface area contributed by atoms with Crippen LogP contribution in [0.25, 0.3) is 0 Å². The molecule has 104 valence electrons. The van der Waals surface area contributed by atoms with Gasteiger partial charge in [-0.05, 0) is 38.0 Å². The monoisotopic (exact) mass is 282 g/mol. The highest BCUT2D eigenvalue weighted by Gasteiger charge is 2.20. The number of hydrogen-bond acceptors (Lipinski definition) is 3. The molecular formula is C14H19ClN2O2. The molecule has 0 aliphatic heterocycles. The van der Waals surface area contributed by atoms with E-state index in [0.717, 1.165) is 12.1 Å². The van der Waals surface area contributed by atoms with Crippen molar-refractivity contribution in [2.45, 2.75) is 32.4 Å². The smallest absolute Gasteiger partial charge is 0.257 e. The van der Waals surface area contributed by atoms with Gasteiger partial charge in [-0.15, -0.1) is 0 Å². The average Bonchev–Trinajstić information content (AvgIpc) is 3.19. The number of rotatable bonds is 7. The van der Waals surface area contributed by atoms with E-state index in [1.807, 2.05) is 19.1 Å². The summed E-state index contributed by atoms with van der Waals surface area (Å²) in [5.74, 6) is 0.599. The molecular weight excluding hydrogens is 264 g/mol. The zero-order chi connectivity index (χ0) is 13.7. The first-order valence-corrected chi connectivity index (χ1v) is 6.98. The molecule has 2 N–H and O–H groups in total. The fourth-order valence-corrected chi connectivity index (χ4v) is 1.95. The van der Waals surface area contributed by atoms with Gasteiger partial charge in [0.15, 0.2) is 6.61 Å². The van der Waals surface area contributed by atoms with Gasteiger partial charge in [0.1, 0.15) is 5.75 Å². The van der Waals surface area contributed by atoms with E-state index in [9.17, 15) is 4.79 Å². The van der Waals surface area contributed by atoms with E-state index in [1.54, 1.807) is 6.07 Å². The maximum atomic E-state index is 11.4. The van der Waals surface area contributed by atoms with E-state index in [-0.39, 0.29) is 12.5 Å². The Morgan fingerprint density at radius 1 is 1.47 bits per heavy atom. The highest BCUT2D eigenvalue weighted by Crippen LogP contribution is 2.25. The fraction of sp³-hybridized carbons (Fsp3) is 0.500. The van der Waals surface area contributed by atoms with Gasteiger partial charge in [0.05, 0.1) is 0 Å². The Hall–Kier alpha value is -1.26. The summed E-state index contributed by atoms with van der Waals surface area (Å²) in [6.07, 6.45) is 2.46. The number of carbonyl (C=O) groups excluding carboxylic acids is 1. The summed E-state index contributed by atoms with van der Waals surface area (Å²) in [7, 11) is 0. The Kier molecular flexibility index (Phi) is 5.05. The molecule has 4 nitrogen and oxygen atoms in total. The molecule has 0 unspecified atom stereocenters. The average molecular weight is 283 g/mol. The molecule has 1 aliphatic carbocycles. The first kappa shape index (κ1) is 14.2. The summed E-state index contributed by atoms with van der Waals surface area (Å²) in [5, 5.41) is 6.79. The molecule has 0 saturated heterocycles. The third-order valence-electron chi connectivity index (χ3n) is 2.91. The van der Waals surface area contributed by atoms with Gasteiger partial charge < -0.3 is 15.4 Å². The van der Waals surface area contributed by atoms with Crippen LogP contribution in [-0.2, 0) is 11.3 Å². The third kappa shape index (κ3) is 4.73. The van der Waals surface area contributed by atoms with E-state index in [4.69, 9.17) is 16.3 Å². The first-order valence-electron chi connectivity index (χ1n) is 6.60. The summed E-state index contributed by atoms with van der Waals surface area (Å²) in [5.41, 5.74) is 0.990. The van der Waals surface area contributed by atoms with Crippen LogP contribution >= 0.6 is 11.6 Å². The number of carbonyl (C=O) groups is 1. The third-order valence-corrected chi connectivity index (χ3v) is 3.15. The van der Waals surface area contributed by atoms with Crippen molar-refractivity contribution < 1.29 is 9.53 Å². The second-order valence-electron chi connectivity index (χ2n) is 4.65. The zero-order valence-corrected chi connectivity index (χ0v) is 11.8. The molecule has 5 heteroatoms. The molecule has 0 spiro atoms. The van der Waals surface area contributed by atoms with Crippen LogP contribution < -0.4 is 15.4 Å². The van der Waals surface area contributed by atoms with Crippen LogP contribution in [0.3, 0.4) is 0 Å². The fourth-order valence-electron chi connectivity index (χ4n) is 1.76. The van der Waals surface area contributed by atoms with Crippen molar-refractivity contribution in [2.75, 3.05) is 13.2 Å². The van der Waals surface area contributed by atoms with E-state index in [2.05, 4.69) is 10.6 Å². The van der Waals surface area contributed by atoms with Gasteiger partial charge in [-0.25, -0.2) is 0 Å². The van der Waals surface area contributed by atoms with Crippen molar-refractivity contribution in [3.8, 4) is 5.75 Å². The van der Waals surface area contributed by atoms with Gasteiger partial charge >= 0.3 is 0 Å². The zero-order valence-electron chi connectivity index (χ0n) is 11.0. The largest absolute Gasteiger partial charge is 0.483 e. The predicted molar refractivity (Wildman–Crippen MR) is 75.5 cm³/mol. The highest BCUT2D eigenvalue weighted by molar-refractivity contribution is 6.30. The molecule has 0 atom stereocenters. The van der Waals surface area contributed by atoms with Crippen LogP contribution in [0.2, 0.25) is 5.02 Å². The maximum Gasteiger partial charge on any atom is 0.257 e. The summed E-state index contributed by atoms with van der Waals surface area (Å²) in [6.45, 7) is 3.24. The van der Waals surface area contributed by atoms with E-state index in [1.165, 1.54) is 12.8 Å². The van der Waals surface area contributed by atoms with Crippen LogP contribution in [-0.4, -0.2) is 25.1 Å². The van der Waals surface area contributed by atoms with Gasteiger partial charge in [0.25, 0.3) is 5.91 Å². The molecule has 0 bridgehead atoms. The molecule has 19 heavy (non-hydrogen) atoms. The second kappa shape index (κ2) is 6.78. The Balaban J connectivity index is 1.94. The van der Waals surface area contributed by atoms with Gasteiger partial charge in [-0.1, -0.05) is 11.6 Å². The van der Waals surface area contributed by atoms with E-state index >= 15 is 0 Å². The van der Waals surface area contributed by atoms with E-state index in [0.29, 0.717) is 23.4 Å². The number of benzene rings is 1. The minimum Gasteiger partial charge on any atom is -0.483 e. The molecule has 1 aliphatic rings. The van der Waals surface area contributed by atoms with Crippen molar-refractivity contribution in [3.63, 3.8) is 0 Å². The van der Waals surface area contributed by atoms with Crippen LogP contribution in [0.15, 0.2) is 18.2 Å². The van der Waals surface area contributed by atoms with Crippen molar-refractivity contribution in [1.82, 2.24) is 10.6 Å². The normalized spacial score (nSPS) is 14.2. The minimum absolute atomic E-state index is 0.0336. The predicted octanol–water partition coefficient (Wildman–Crippen LogP) is 2.11. The van der Waals surface area contributed by atoms with Gasteiger partial charge in [0.2, 0.25) is 0 Å². The number of likely N-dealkylation sites (N-methyl/N-ethyl adjacent to an activating group) is 1. The number of hydrogen-bond donors (Lipinski definition) is 2. The number of amides is 1. The maximum absolute atomic E-state index is 11.4. The Morgan fingerprint density at radius 2 is 2.26 bits per heavy atom. The summed E-state index contributed by atoms with van der Waals surface area (Å²) in [4.78, 5) is 11.4. The molecule has 2 rings (SSSR count). The van der Waals surface area contributed by atoms with Crippen molar-refractivity contribution in [3.05, 3.63) is 28.8 Å². The van der Waals surface area contributed by atoms with Gasteiger partial charge in [-0.2, -0.15) is 0 Å². The van der Waals surface area contributed by atoms with Crippen molar-refractivity contribution in [2.24, 2.45) is 0 Å². The second-order valence-corrected chi connectivity index (χ2v) is 5.09. The lowest BCUT2D eigenvalue weighted by atomic mass is 10.2. The molecule has 0 heterocycles. The number of nitrogens with one attached hydrogen (secondary N) is 2. The molecule has 1 amide bonds. The lowest BCUT2D eigenvalue weighted by Gasteiger charge is -2.12. The highest BCUT2D eigenvalue weighted by atomic mass is 35.5. The van der Waals surface area contributed by atoms with Crippen LogP contribution in [0, 0.1) is 0 Å². The number of halogens is 1. The van der Waals surface area contributed by atoms with Crippen LogP contribution in [0.4, 0.5) is 0 Å². The van der Waals surface area contributed by atoms with Crippen molar-refractivity contribution >= 4 is 17.5 Å². The Labute approximate surface area is 118 Å². The first-order chi connectivity index (χ1) is 9.19. The summed E-state index contributed by atoms with van der Waals surface area (Å²) < 4.78 is 5.55. The molecule has 0 radical (unpaired) electrons.